The Bertz CT molecular complexity index is 1200. The maximum Gasteiger partial charge on any atom is 0.227 e. The van der Waals surface area contributed by atoms with E-state index in [4.69, 9.17) is 9.15 Å². The second kappa shape index (κ2) is 7.44. The Morgan fingerprint density at radius 1 is 1.18 bits per heavy atom. The summed E-state index contributed by atoms with van der Waals surface area (Å²) in [4.78, 5) is 8.81. The average molecular weight is 441 g/mol. The quantitative estimate of drug-likeness (QED) is 0.403. The zero-order chi connectivity index (χ0) is 19.7. The molecule has 1 N–H and O–H groups in total. The minimum atomic E-state index is -0.352. The van der Waals surface area contributed by atoms with Gasteiger partial charge >= 0.3 is 0 Å². The van der Waals surface area contributed by atoms with E-state index in [9.17, 15) is 9.50 Å². The number of aliphatic imine (C=N–C) groups is 1. The van der Waals surface area contributed by atoms with Crippen molar-refractivity contribution < 1.29 is 18.7 Å². The van der Waals surface area contributed by atoms with Crippen molar-refractivity contribution in [3.05, 3.63) is 70.5 Å². The number of nitrogens with zero attached hydrogens (tertiary/aromatic N) is 2. The van der Waals surface area contributed by atoms with Crippen molar-refractivity contribution in [2.45, 2.75) is 0 Å². The second-order valence-corrected chi connectivity index (χ2v) is 6.90. The van der Waals surface area contributed by atoms with Crippen LogP contribution in [0, 0.1) is 5.82 Å². The molecule has 0 fully saturated rings. The third-order valence-corrected chi connectivity index (χ3v) is 4.54. The highest BCUT2D eigenvalue weighted by molar-refractivity contribution is 9.10. The van der Waals surface area contributed by atoms with Crippen molar-refractivity contribution in [3.8, 4) is 23.0 Å². The molecule has 0 unspecified atom stereocenters. The summed E-state index contributed by atoms with van der Waals surface area (Å²) >= 11 is 3.37. The van der Waals surface area contributed by atoms with Gasteiger partial charge in [-0.1, -0.05) is 22.0 Å². The molecular formula is C21H14BrFN2O3. The fourth-order valence-electron chi connectivity index (χ4n) is 2.73. The molecular weight excluding hydrogens is 427 g/mol. The Kier molecular flexibility index (Phi) is 4.83. The van der Waals surface area contributed by atoms with E-state index in [1.807, 2.05) is 0 Å². The van der Waals surface area contributed by atoms with Gasteiger partial charge in [0, 0.05) is 21.8 Å². The van der Waals surface area contributed by atoms with E-state index in [2.05, 4.69) is 25.9 Å². The standard InChI is InChI=1S/C21H14BrFN2O3/c1-27-19-9-14(22)7-13(20(19)26)11-24-16-5-6-18-17(10-16)25-21(28-18)12-3-2-4-15(23)8-12/h2-11,26H,1H3. The molecule has 0 spiro atoms. The van der Waals surface area contributed by atoms with E-state index in [0.29, 0.717) is 39.6 Å². The Hall–Kier alpha value is -3.19. The number of benzene rings is 3. The fraction of sp³-hybridized carbons (Fsp3) is 0.0476. The van der Waals surface area contributed by atoms with Crippen LogP contribution in [0.25, 0.3) is 22.6 Å². The number of aromatic nitrogens is 1. The topological polar surface area (TPSA) is 67.9 Å². The molecule has 1 aromatic heterocycles. The molecule has 0 saturated heterocycles. The van der Waals surface area contributed by atoms with E-state index in [0.717, 1.165) is 4.47 Å². The van der Waals surface area contributed by atoms with Crippen LogP contribution in [0.5, 0.6) is 11.5 Å². The first kappa shape index (κ1) is 18.2. The van der Waals surface area contributed by atoms with Crippen molar-refractivity contribution in [1.82, 2.24) is 4.98 Å². The summed E-state index contributed by atoms with van der Waals surface area (Å²) in [6.07, 6.45) is 1.54. The van der Waals surface area contributed by atoms with Gasteiger partial charge < -0.3 is 14.3 Å². The SMILES string of the molecule is COc1cc(Br)cc(C=Nc2ccc3oc(-c4cccc(F)c4)nc3c2)c1O. The molecule has 28 heavy (non-hydrogen) atoms. The van der Waals surface area contributed by atoms with Crippen molar-refractivity contribution in [1.29, 1.82) is 0 Å². The van der Waals surface area contributed by atoms with Crippen molar-refractivity contribution >= 4 is 38.9 Å². The molecule has 1 heterocycles. The Morgan fingerprint density at radius 2 is 2.04 bits per heavy atom. The number of oxazole rings is 1. The van der Waals surface area contributed by atoms with Crippen LogP contribution < -0.4 is 4.74 Å². The summed E-state index contributed by atoms with van der Waals surface area (Å²) < 4.78 is 25.0. The van der Waals surface area contributed by atoms with Crippen LogP contribution in [0.3, 0.4) is 0 Å². The highest BCUT2D eigenvalue weighted by atomic mass is 79.9. The molecule has 0 atom stereocenters. The molecule has 4 rings (SSSR count). The van der Waals surface area contributed by atoms with Gasteiger partial charge in [0.25, 0.3) is 0 Å². The third-order valence-electron chi connectivity index (χ3n) is 4.08. The zero-order valence-electron chi connectivity index (χ0n) is 14.7. The number of ether oxygens (including phenoxy) is 1. The molecule has 0 aliphatic heterocycles. The monoisotopic (exact) mass is 440 g/mol. The largest absolute Gasteiger partial charge is 0.504 e. The van der Waals surface area contributed by atoms with Crippen LogP contribution in [-0.2, 0) is 0 Å². The highest BCUT2D eigenvalue weighted by Crippen LogP contribution is 2.33. The Balaban J connectivity index is 1.67. The number of fused-ring (bicyclic) bond motifs is 1. The number of methoxy groups -OCH3 is 1. The van der Waals surface area contributed by atoms with Gasteiger partial charge in [0.1, 0.15) is 11.3 Å². The van der Waals surface area contributed by atoms with E-state index in [-0.39, 0.29) is 11.6 Å². The van der Waals surface area contributed by atoms with Crippen LogP contribution in [0.1, 0.15) is 5.56 Å². The lowest BCUT2D eigenvalue weighted by molar-refractivity contribution is 0.373. The maximum atomic E-state index is 13.4. The molecule has 140 valence electrons. The van der Waals surface area contributed by atoms with Gasteiger partial charge in [-0.3, -0.25) is 4.99 Å². The molecule has 0 saturated carbocycles. The third kappa shape index (κ3) is 3.61. The van der Waals surface area contributed by atoms with Gasteiger partial charge in [0.15, 0.2) is 17.1 Å². The first-order chi connectivity index (χ1) is 13.5. The van der Waals surface area contributed by atoms with Crippen LogP contribution in [0.2, 0.25) is 0 Å². The minimum absolute atomic E-state index is 0.00496. The minimum Gasteiger partial charge on any atom is -0.504 e. The van der Waals surface area contributed by atoms with Gasteiger partial charge in [0.2, 0.25) is 5.89 Å². The highest BCUT2D eigenvalue weighted by Gasteiger charge is 2.10. The number of rotatable bonds is 4. The number of hydrogen-bond acceptors (Lipinski definition) is 5. The molecule has 0 bridgehead atoms. The smallest absolute Gasteiger partial charge is 0.227 e. The number of phenols is 1. The number of aromatic hydroxyl groups is 1. The lowest BCUT2D eigenvalue weighted by atomic mass is 10.2. The molecule has 4 aromatic rings. The average Bonchev–Trinajstić information content (AvgIpc) is 3.11. The van der Waals surface area contributed by atoms with E-state index in [1.165, 1.54) is 25.5 Å². The zero-order valence-corrected chi connectivity index (χ0v) is 16.3. The lowest BCUT2D eigenvalue weighted by Crippen LogP contribution is -1.89. The first-order valence-corrected chi connectivity index (χ1v) is 9.10. The van der Waals surface area contributed by atoms with Crippen molar-refractivity contribution in [2.24, 2.45) is 4.99 Å². The maximum absolute atomic E-state index is 13.4. The van der Waals surface area contributed by atoms with Crippen LogP contribution in [-0.4, -0.2) is 23.4 Å². The summed E-state index contributed by atoms with van der Waals surface area (Å²) in [6, 6.07) is 14.7. The van der Waals surface area contributed by atoms with Gasteiger partial charge in [-0.2, -0.15) is 0 Å². The molecule has 3 aromatic carbocycles. The summed E-state index contributed by atoms with van der Waals surface area (Å²) in [5.41, 5.74) is 2.87. The van der Waals surface area contributed by atoms with Crippen molar-refractivity contribution in [2.75, 3.05) is 7.11 Å². The molecule has 0 aliphatic rings. The van der Waals surface area contributed by atoms with Gasteiger partial charge in [-0.05, 0) is 48.5 Å². The van der Waals surface area contributed by atoms with Crippen molar-refractivity contribution in [3.63, 3.8) is 0 Å². The van der Waals surface area contributed by atoms with Gasteiger partial charge in [-0.25, -0.2) is 9.37 Å². The number of halogens is 2. The van der Waals surface area contributed by atoms with Crippen LogP contribution in [0.4, 0.5) is 10.1 Å². The lowest BCUT2D eigenvalue weighted by Gasteiger charge is -2.06. The summed E-state index contributed by atoms with van der Waals surface area (Å²) in [7, 11) is 1.48. The summed E-state index contributed by atoms with van der Waals surface area (Å²) in [6.45, 7) is 0. The van der Waals surface area contributed by atoms with E-state index >= 15 is 0 Å². The molecule has 0 aliphatic carbocycles. The van der Waals surface area contributed by atoms with Crippen LogP contribution >= 0.6 is 15.9 Å². The van der Waals surface area contributed by atoms with Gasteiger partial charge in [-0.15, -0.1) is 0 Å². The normalized spacial score (nSPS) is 11.4. The summed E-state index contributed by atoms with van der Waals surface area (Å²) in [5.74, 6) is 0.340. The van der Waals surface area contributed by atoms with Crippen LogP contribution in [0.15, 0.2) is 68.5 Å². The number of phenolic OH excluding ortho intramolecular Hbond substituents is 1. The molecule has 5 nitrogen and oxygen atoms in total. The Morgan fingerprint density at radius 3 is 2.82 bits per heavy atom. The Labute approximate surface area is 168 Å². The molecule has 0 amide bonds. The molecule has 7 heteroatoms. The van der Waals surface area contributed by atoms with Gasteiger partial charge in [0.05, 0.1) is 12.8 Å². The predicted molar refractivity (Wildman–Crippen MR) is 109 cm³/mol. The van der Waals surface area contributed by atoms with E-state index in [1.54, 1.807) is 42.5 Å². The van der Waals surface area contributed by atoms with E-state index < -0.39 is 0 Å². The first-order valence-electron chi connectivity index (χ1n) is 8.30. The fourth-order valence-corrected chi connectivity index (χ4v) is 3.19. The predicted octanol–water partition coefficient (Wildman–Crippen LogP) is 5.86. The number of hydrogen-bond donors (Lipinski definition) is 1. The summed E-state index contributed by atoms with van der Waals surface area (Å²) in [5, 5.41) is 10.2. The molecule has 0 radical (unpaired) electrons. The second-order valence-electron chi connectivity index (χ2n) is 5.99.